The number of amides is 1. The van der Waals surface area contributed by atoms with E-state index in [0.29, 0.717) is 0 Å². The molecule has 0 atom stereocenters. The van der Waals surface area contributed by atoms with Gasteiger partial charge in [0.25, 0.3) is 5.91 Å². The lowest BCUT2D eigenvalue weighted by molar-refractivity contribution is -0.138. The van der Waals surface area contributed by atoms with Crippen LogP contribution in [0.4, 0.5) is 0 Å². The van der Waals surface area contributed by atoms with E-state index in [-0.39, 0.29) is 22.2 Å². The van der Waals surface area contributed by atoms with Gasteiger partial charge in [0, 0.05) is 11.4 Å². The Kier molecular flexibility index (Phi) is 5.85. The molecule has 1 N–H and O–H groups in total. The number of hydrogen-bond donors (Lipinski definition) is 1. The van der Waals surface area contributed by atoms with E-state index < -0.39 is 24.2 Å². The molecule has 0 bridgehead atoms. The zero-order chi connectivity index (χ0) is 17.0. The van der Waals surface area contributed by atoms with Gasteiger partial charge in [0.15, 0.2) is 5.78 Å². The highest BCUT2D eigenvalue weighted by atomic mass is 35.5. The van der Waals surface area contributed by atoms with Gasteiger partial charge >= 0.3 is 5.97 Å². The second-order valence-corrected chi connectivity index (χ2v) is 6.05. The highest BCUT2D eigenvalue weighted by Crippen LogP contribution is 2.27. The lowest BCUT2D eigenvalue weighted by atomic mass is 10.0. The minimum Gasteiger partial charge on any atom is -0.480 e. The summed E-state index contributed by atoms with van der Waals surface area (Å²) in [5.41, 5.74) is 0.124. The summed E-state index contributed by atoms with van der Waals surface area (Å²) in [7, 11) is 0. The number of carboxylic acids is 1. The van der Waals surface area contributed by atoms with E-state index in [0.717, 1.165) is 31.1 Å². The van der Waals surface area contributed by atoms with Crippen LogP contribution >= 0.6 is 23.8 Å². The number of carboxylic acid groups (broad SMARTS) is 1. The minimum absolute atomic E-state index is 0.0301. The molecule has 1 aromatic carbocycles. The number of thiocarbonyl (C=S) groups is 1. The van der Waals surface area contributed by atoms with E-state index in [1.165, 1.54) is 17.0 Å². The van der Waals surface area contributed by atoms with Crippen LogP contribution in [-0.2, 0) is 4.79 Å². The number of benzene rings is 1. The fourth-order valence-corrected chi connectivity index (χ4v) is 3.28. The van der Waals surface area contributed by atoms with E-state index in [2.05, 4.69) is 12.2 Å². The van der Waals surface area contributed by atoms with Crippen molar-refractivity contribution < 1.29 is 19.5 Å². The van der Waals surface area contributed by atoms with E-state index in [9.17, 15) is 14.4 Å². The lowest BCUT2D eigenvalue weighted by Gasteiger charge is -2.28. The first-order valence-corrected chi connectivity index (χ1v) is 8.11. The largest absolute Gasteiger partial charge is 0.480 e. The summed E-state index contributed by atoms with van der Waals surface area (Å²) in [5.74, 6) is -2.12. The monoisotopic (exact) mass is 353 g/mol. The van der Waals surface area contributed by atoms with Crippen LogP contribution in [0.2, 0.25) is 5.02 Å². The summed E-state index contributed by atoms with van der Waals surface area (Å²) in [4.78, 5) is 37.3. The minimum atomic E-state index is -1.09. The first-order valence-electron chi connectivity index (χ1n) is 7.26. The molecule has 7 heteroatoms. The smallest absolute Gasteiger partial charge is 0.323 e. The number of rotatable bonds is 6. The molecule has 0 aliphatic heterocycles. The number of carbonyl (C=O) groups is 3. The zero-order valence-electron chi connectivity index (χ0n) is 12.3. The van der Waals surface area contributed by atoms with Crippen LogP contribution in [0.1, 0.15) is 46.4 Å². The van der Waals surface area contributed by atoms with Crippen molar-refractivity contribution in [2.45, 2.75) is 31.7 Å². The van der Waals surface area contributed by atoms with Crippen molar-refractivity contribution in [3.05, 3.63) is 34.3 Å². The third-order valence-corrected chi connectivity index (χ3v) is 4.46. The van der Waals surface area contributed by atoms with E-state index in [1.807, 2.05) is 0 Å². The SMILES string of the molecule is O=C(O)CN(C(=O)c1cccc(Cl)c1C(=O)C=S)C1CCCC1. The molecular formula is C16H16ClNO4S. The molecule has 1 fully saturated rings. The number of nitrogens with zero attached hydrogens (tertiary/aromatic N) is 1. The Hall–Kier alpha value is -1.79. The molecule has 2 rings (SSSR count). The molecule has 0 heterocycles. The summed E-state index contributed by atoms with van der Waals surface area (Å²) in [6.07, 6.45) is 3.43. The summed E-state index contributed by atoms with van der Waals surface area (Å²) in [5, 5.41) is 10.2. The Bertz CT molecular complexity index is 655. The van der Waals surface area contributed by atoms with E-state index in [1.54, 1.807) is 6.07 Å². The van der Waals surface area contributed by atoms with Crippen molar-refractivity contribution >= 4 is 46.8 Å². The van der Waals surface area contributed by atoms with Crippen molar-refractivity contribution in [1.29, 1.82) is 0 Å². The summed E-state index contributed by atoms with van der Waals surface area (Å²) < 4.78 is 0. The quantitative estimate of drug-likeness (QED) is 0.628. The van der Waals surface area contributed by atoms with Crippen molar-refractivity contribution in [2.75, 3.05) is 6.54 Å². The second-order valence-electron chi connectivity index (χ2n) is 5.41. The summed E-state index contributed by atoms with van der Waals surface area (Å²) >= 11 is 10.7. The molecule has 1 amide bonds. The maximum Gasteiger partial charge on any atom is 0.323 e. The van der Waals surface area contributed by atoms with Crippen molar-refractivity contribution in [3.63, 3.8) is 0 Å². The van der Waals surface area contributed by atoms with Crippen LogP contribution in [0.3, 0.4) is 0 Å². The van der Waals surface area contributed by atoms with Gasteiger partial charge < -0.3 is 10.0 Å². The maximum absolute atomic E-state index is 12.9. The van der Waals surface area contributed by atoms with Crippen LogP contribution in [0, 0.1) is 0 Å². The van der Waals surface area contributed by atoms with Crippen LogP contribution in [0.25, 0.3) is 0 Å². The van der Waals surface area contributed by atoms with E-state index in [4.69, 9.17) is 16.7 Å². The summed E-state index contributed by atoms with van der Waals surface area (Å²) in [6.45, 7) is -0.402. The van der Waals surface area contributed by atoms with Gasteiger partial charge in [-0.25, -0.2) is 0 Å². The van der Waals surface area contributed by atoms with Crippen molar-refractivity contribution in [2.24, 2.45) is 0 Å². The first-order chi connectivity index (χ1) is 11.0. The molecule has 23 heavy (non-hydrogen) atoms. The molecule has 0 unspecified atom stereocenters. The van der Waals surface area contributed by atoms with Gasteiger partial charge in [-0.3, -0.25) is 14.4 Å². The third-order valence-electron chi connectivity index (χ3n) is 3.93. The molecule has 1 aromatic rings. The number of halogens is 1. The maximum atomic E-state index is 12.9. The number of aliphatic carboxylic acids is 1. The highest BCUT2D eigenvalue weighted by Gasteiger charge is 2.31. The second kappa shape index (κ2) is 7.66. The number of carbonyl (C=O) groups excluding carboxylic acids is 2. The number of Topliss-reactive ketones (excluding diaryl/α,β-unsaturated/α-hetero) is 1. The van der Waals surface area contributed by atoms with Crippen LogP contribution in [-0.4, -0.2) is 45.6 Å². The predicted molar refractivity (Wildman–Crippen MR) is 90.4 cm³/mol. The fraction of sp³-hybridized carbons (Fsp3) is 0.375. The summed E-state index contributed by atoms with van der Waals surface area (Å²) in [6, 6.07) is 4.41. The van der Waals surface area contributed by atoms with Crippen LogP contribution in [0.15, 0.2) is 18.2 Å². The molecule has 0 aromatic heterocycles. The van der Waals surface area contributed by atoms with Crippen LogP contribution < -0.4 is 0 Å². The Morgan fingerprint density at radius 2 is 1.96 bits per heavy atom. The molecule has 1 aliphatic carbocycles. The lowest BCUT2D eigenvalue weighted by Crippen LogP contribution is -2.42. The number of ketones is 1. The number of hydrogen-bond acceptors (Lipinski definition) is 4. The standard InChI is InChI=1S/C16H16ClNO4S/c17-12-7-3-6-11(15(12)13(19)9-23)16(22)18(8-14(20)21)10-4-1-2-5-10/h3,6-7,9-10H,1-2,4-5,8H2,(H,20,21). The predicted octanol–water partition coefficient (Wildman–Crippen LogP) is 2.99. The molecule has 5 nitrogen and oxygen atoms in total. The Morgan fingerprint density at radius 1 is 1.30 bits per heavy atom. The van der Waals surface area contributed by atoms with Crippen LogP contribution in [0.5, 0.6) is 0 Å². The molecule has 1 aliphatic rings. The van der Waals surface area contributed by atoms with E-state index >= 15 is 0 Å². The average molecular weight is 354 g/mol. The average Bonchev–Trinajstić information content (AvgIpc) is 3.05. The molecule has 0 saturated heterocycles. The zero-order valence-corrected chi connectivity index (χ0v) is 13.9. The Labute approximate surface area is 144 Å². The highest BCUT2D eigenvalue weighted by molar-refractivity contribution is 7.80. The molecule has 1 saturated carbocycles. The van der Waals surface area contributed by atoms with Crippen molar-refractivity contribution in [3.8, 4) is 0 Å². The third kappa shape index (κ3) is 3.95. The molecule has 0 spiro atoms. The van der Waals surface area contributed by atoms with Gasteiger partial charge in [0.2, 0.25) is 0 Å². The van der Waals surface area contributed by atoms with Crippen molar-refractivity contribution in [1.82, 2.24) is 4.90 Å². The Morgan fingerprint density at radius 3 is 2.52 bits per heavy atom. The van der Waals surface area contributed by atoms with Gasteiger partial charge in [-0.05, 0) is 25.0 Å². The van der Waals surface area contributed by atoms with Gasteiger partial charge in [0.1, 0.15) is 6.54 Å². The topological polar surface area (TPSA) is 74.7 Å². The fourth-order valence-electron chi connectivity index (χ4n) is 2.89. The van der Waals surface area contributed by atoms with Gasteiger partial charge in [-0.2, -0.15) is 0 Å². The molecule has 122 valence electrons. The first kappa shape index (κ1) is 17.6. The molecular weight excluding hydrogens is 338 g/mol. The normalized spacial score (nSPS) is 14.5. The van der Waals surface area contributed by atoms with Gasteiger partial charge in [0.05, 0.1) is 16.1 Å². The Balaban J connectivity index is 2.43. The van der Waals surface area contributed by atoms with Gasteiger partial charge in [-0.15, -0.1) is 0 Å². The van der Waals surface area contributed by atoms with Gasteiger partial charge in [-0.1, -0.05) is 42.7 Å². The molecule has 0 radical (unpaired) electrons.